The van der Waals surface area contributed by atoms with Crippen LogP contribution in [-0.4, -0.2) is 47.0 Å². The highest BCUT2D eigenvalue weighted by Gasteiger charge is 2.19. The Hall–Kier alpha value is -3.11. The Labute approximate surface area is 162 Å². The second-order valence-corrected chi connectivity index (χ2v) is 6.55. The van der Waals surface area contributed by atoms with Crippen molar-refractivity contribution in [3.05, 3.63) is 59.0 Å². The van der Waals surface area contributed by atoms with Crippen LogP contribution in [0.5, 0.6) is 0 Å². The molecular formula is C19H19ClN6O. The molecule has 1 saturated heterocycles. The van der Waals surface area contributed by atoms with Gasteiger partial charge in [0.1, 0.15) is 11.6 Å². The molecule has 1 aliphatic rings. The van der Waals surface area contributed by atoms with E-state index in [2.05, 4.69) is 20.2 Å². The molecule has 0 aliphatic carbocycles. The molecule has 1 aromatic heterocycles. The van der Waals surface area contributed by atoms with Crippen molar-refractivity contribution >= 4 is 29.1 Å². The van der Waals surface area contributed by atoms with Crippen LogP contribution >= 0.6 is 11.6 Å². The van der Waals surface area contributed by atoms with Gasteiger partial charge in [-0.15, -0.1) is 0 Å². The first kappa shape index (κ1) is 18.7. The fraction of sp³-hybridized carbons (Fsp3) is 0.263. The zero-order chi connectivity index (χ0) is 19.2. The molecule has 0 saturated carbocycles. The van der Waals surface area contributed by atoms with Gasteiger partial charge in [0.25, 0.3) is 5.91 Å². The minimum absolute atomic E-state index is 0.0520. The topological polar surface area (TPSA) is 85.2 Å². The Kier molecular flexibility index (Phi) is 5.89. The van der Waals surface area contributed by atoms with Crippen LogP contribution in [0.25, 0.3) is 0 Å². The maximum atomic E-state index is 12.4. The van der Waals surface area contributed by atoms with E-state index in [1.54, 1.807) is 36.8 Å². The van der Waals surface area contributed by atoms with E-state index in [9.17, 15) is 10.1 Å². The highest BCUT2D eigenvalue weighted by atomic mass is 35.5. The number of carbonyl (C=O) groups is 1. The van der Waals surface area contributed by atoms with E-state index in [1.807, 2.05) is 24.0 Å². The van der Waals surface area contributed by atoms with Crippen molar-refractivity contribution in [3.8, 4) is 6.07 Å². The smallest absolute Gasteiger partial charge is 0.267 e. The molecule has 0 atom stereocenters. The summed E-state index contributed by atoms with van der Waals surface area (Å²) >= 11 is 6.08. The van der Waals surface area contributed by atoms with E-state index in [4.69, 9.17) is 11.6 Å². The van der Waals surface area contributed by atoms with Crippen LogP contribution in [0.1, 0.15) is 5.56 Å². The van der Waals surface area contributed by atoms with Gasteiger partial charge >= 0.3 is 0 Å². The minimum atomic E-state index is -0.453. The largest absolute Gasteiger partial charge is 0.373 e. The second kappa shape index (κ2) is 8.52. The number of rotatable bonds is 4. The van der Waals surface area contributed by atoms with Crippen molar-refractivity contribution in [2.45, 2.75) is 6.92 Å². The first-order valence-electron chi connectivity index (χ1n) is 8.52. The molecule has 1 fully saturated rings. The highest BCUT2D eigenvalue weighted by molar-refractivity contribution is 6.31. The van der Waals surface area contributed by atoms with Crippen LogP contribution in [0.4, 0.5) is 11.6 Å². The van der Waals surface area contributed by atoms with E-state index in [0.717, 1.165) is 5.56 Å². The van der Waals surface area contributed by atoms with Crippen molar-refractivity contribution in [2.24, 2.45) is 0 Å². The summed E-state index contributed by atoms with van der Waals surface area (Å²) in [7, 11) is 0. The van der Waals surface area contributed by atoms with E-state index >= 15 is 0 Å². The summed E-state index contributed by atoms with van der Waals surface area (Å²) in [5.74, 6) is 0.238. The number of aromatic nitrogens is 2. The Morgan fingerprint density at radius 1 is 1.26 bits per heavy atom. The number of hydrogen-bond acceptors (Lipinski definition) is 6. The molecule has 7 nitrogen and oxygen atoms in total. The van der Waals surface area contributed by atoms with Crippen LogP contribution in [0, 0.1) is 18.3 Å². The molecule has 1 aliphatic heterocycles. The third kappa shape index (κ3) is 4.74. The number of halogens is 1. The number of aryl methyl sites for hydroxylation is 1. The summed E-state index contributed by atoms with van der Waals surface area (Å²) in [4.78, 5) is 24.9. The fourth-order valence-corrected chi connectivity index (χ4v) is 2.88. The van der Waals surface area contributed by atoms with E-state index < -0.39 is 5.91 Å². The quantitative estimate of drug-likeness (QED) is 0.646. The Morgan fingerprint density at radius 3 is 2.59 bits per heavy atom. The van der Waals surface area contributed by atoms with Gasteiger partial charge in [0, 0.05) is 55.5 Å². The van der Waals surface area contributed by atoms with Gasteiger partial charge in [-0.1, -0.05) is 17.7 Å². The monoisotopic (exact) mass is 382 g/mol. The SMILES string of the molecule is Cc1ccc(NC(=O)/C(C#N)=C\N2CCN(c3ncccn3)CC2)cc1Cl. The number of amides is 1. The van der Waals surface area contributed by atoms with Crippen molar-refractivity contribution in [3.63, 3.8) is 0 Å². The number of nitriles is 1. The van der Waals surface area contributed by atoms with Crippen molar-refractivity contribution in [1.29, 1.82) is 5.26 Å². The molecule has 1 N–H and O–H groups in total. The number of nitrogens with zero attached hydrogens (tertiary/aromatic N) is 5. The maximum absolute atomic E-state index is 12.4. The van der Waals surface area contributed by atoms with Crippen LogP contribution in [0.2, 0.25) is 5.02 Å². The van der Waals surface area contributed by atoms with Gasteiger partial charge in [0.2, 0.25) is 5.95 Å². The number of carbonyl (C=O) groups excluding carboxylic acids is 1. The van der Waals surface area contributed by atoms with E-state index in [1.165, 1.54) is 0 Å². The zero-order valence-corrected chi connectivity index (χ0v) is 15.6. The molecule has 2 heterocycles. The van der Waals surface area contributed by atoms with Gasteiger partial charge in [-0.2, -0.15) is 5.26 Å². The third-order valence-electron chi connectivity index (χ3n) is 4.26. The maximum Gasteiger partial charge on any atom is 0.267 e. The first-order valence-corrected chi connectivity index (χ1v) is 8.90. The third-order valence-corrected chi connectivity index (χ3v) is 4.66. The first-order chi connectivity index (χ1) is 13.1. The van der Waals surface area contributed by atoms with E-state index in [0.29, 0.717) is 42.8 Å². The predicted octanol–water partition coefficient (Wildman–Crippen LogP) is 2.61. The average Bonchev–Trinajstić information content (AvgIpc) is 2.70. The number of benzene rings is 1. The van der Waals surface area contributed by atoms with Crippen LogP contribution in [0.15, 0.2) is 48.4 Å². The molecule has 0 unspecified atom stereocenters. The molecule has 27 heavy (non-hydrogen) atoms. The van der Waals surface area contributed by atoms with Crippen LogP contribution in [0.3, 0.4) is 0 Å². The molecule has 1 amide bonds. The predicted molar refractivity (Wildman–Crippen MR) is 104 cm³/mol. The van der Waals surface area contributed by atoms with Gasteiger partial charge in [-0.25, -0.2) is 9.97 Å². The van der Waals surface area contributed by atoms with Crippen LogP contribution < -0.4 is 10.2 Å². The highest BCUT2D eigenvalue weighted by Crippen LogP contribution is 2.20. The van der Waals surface area contributed by atoms with E-state index in [-0.39, 0.29) is 5.57 Å². The Morgan fingerprint density at radius 2 is 1.96 bits per heavy atom. The van der Waals surface area contributed by atoms with Crippen molar-refractivity contribution in [2.75, 3.05) is 36.4 Å². The van der Waals surface area contributed by atoms with Gasteiger partial charge < -0.3 is 15.1 Å². The average molecular weight is 383 g/mol. The molecule has 3 rings (SSSR count). The van der Waals surface area contributed by atoms with Gasteiger partial charge in [0.15, 0.2) is 0 Å². The summed E-state index contributed by atoms with van der Waals surface area (Å²) in [6.45, 7) is 4.66. The zero-order valence-electron chi connectivity index (χ0n) is 14.9. The lowest BCUT2D eigenvalue weighted by Gasteiger charge is -2.34. The molecule has 138 valence electrons. The molecule has 0 spiro atoms. The van der Waals surface area contributed by atoms with Gasteiger partial charge in [0.05, 0.1) is 0 Å². The number of piperazine rings is 1. The molecular weight excluding hydrogens is 364 g/mol. The number of nitrogens with one attached hydrogen (secondary N) is 1. The lowest BCUT2D eigenvalue weighted by Crippen LogP contribution is -2.45. The minimum Gasteiger partial charge on any atom is -0.373 e. The summed E-state index contributed by atoms with van der Waals surface area (Å²) < 4.78 is 0. The molecule has 8 heteroatoms. The molecule has 1 aromatic carbocycles. The standard InChI is InChI=1S/C19H19ClN6O/c1-14-3-4-16(11-17(14)20)24-18(27)15(12-21)13-25-7-9-26(10-8-25)19-22-5-2-6-23-19/h2-6,11,13H,7-10H2,1H3,(H,24,27)/b15-13-. The van der Waals surface area contributed by atoms with Crippen LogP contribution in [-0.2, 0) is 4.79 Å². The second-order valence-electron chi connectivity index (χ2n) is 6.14. The Balaban J connectivity index is 1.62. The van der Waals surface area contributed by atoms with Crippen molar-refractivity contribution in [1.82, 2.24) is 14.9 Å². The normalized spacial score (nSPS) is 14.6. The van der Waals surface area contributed by atoms with Gasteiger partial charge in [-0.05, 0) is 30.7 Å². The Bertz CT molecular complexity index is 885. The summed E-state index contributed by atoms with van der Waals surface area (Å²) in [5, 5.41) is 12.6. The lowest BCUT2D eigenvalue weighted by molar-refractivity contribution is -0.112. The summed E-state index contributed by atoms with van der Waals surface area (Å²) in [6.07, 6.45) is 5.03. The van der Waals surface area contributed by atoms with Crippen molar-refractivity contribution < 1.29 is 4.79 Å². The fourth-order valence-electron chi connectivity index (χ4n) is 2.70. The summed E-state index contributed by atoms with van der Waals surface area (Å²) in [5.41, 5.74) is 1.53. The molecule has 0 radical (unpaired) electrons. The molecule has 0 bridgehead atoms. The lowest BCUT2D eigenvalue weighted by atomic mass is 10.2. The number of hydrogen-bond donors (Lipinski definition) is 1. The molecule has 2 aromatic rings. The summed E-state index contributed by atoms with van der Waals surface area (Å²) in [6, 6.07) is 9.00. The number of anilines is 2. The van der Waals surface area contributed by atoms with Gasteiger partial charge in [-0.3, -0.25) is 4.79 Å².